The van der Waals surface area contributed by atoms with Gasteiger partial charge in [0.2, 0.25) is 10.0 Å². The standard InChI is InChI=1S/C23H26N2O6S/c1-16-11-17(2)13-19(12-16)23(28)24-14-22(27)31-15-21(26)18-5-7-20(8-6-18)32(29,30)25-9-3-4-10-25/h5-8,11-13H,3-4,9-10,14-15H2,1-2H3,(H,24,28). The highest BCUT2D eigenvalue weighted by Crippen LogP contribution is 2.21. The molecule has 2 aromatic carbocycles. The van der Waals surface area contributed by atoms with E-state index in [0.717, 1.165) is 24.0 Å². The maximum Gasteiger partial charge on any atom is 0.325 e. The number of carbonyl (C=O) groups excluding carboxylic acids is 3. The van der Waals surface area contributed by atoms with E-state index in [-0.39, 0.29) is 17.0 Å². The second-order valence-electron chi connectivity index (χ2n) is 7.78. The van der Waals surface area contributed by atoms with E-state index in [0.29, 0.717) is 18.7 Å². The molecule has 1 N–H and O–H groups in total. The summed E-state index contributed by atoms with van der Waals surface area (Å²) < 4.78 is 31.4. The SMILES string of the molecule is Cc1cc(C)cc(C(=O)NCC(=O)OCC(=O)c2ccc(S(=O)(=O)N3CCCC3)cc2)c1. The number of benzene rings is 2. The van der Waals surface area contributed by atoms with Crippen LogP contribution in [0.2, 0.25) is 0 Å². The van der Waals surface area contributed by atoms with E-state index in [4.69, 9.17) is 4.74 Å². The molecule has 8 nitrogen and oxygen atoms in total. The van der Waals surface area contributed by atoms with Crippen molar-refractivity contribution in [1.82, 2.24) is 9.62 Å². The van der Waals surface area contributed by atoms with Crippen molar-refractivity contribution in [3.63, 3.8) is 0 Å². The van der Waals surface area contributed by atoms with Gasteiger partial charge in [0, 0.05) is 24.2 Å². The molecular formula is C23H26N2O6S. The van der Waals surface area contributed by atoms with Crippen LogP contribution < -0.4 is 5.32 Å². The Balaban J connectivity index is 1.49. The molecule has 1 amide bonds. The summed E-state index contributed by atoms with van der Waals surface area (Å²) >= 11 is 0. The number of aryl methyl sites for hydroxylation is 2. The minimum absolute atomic E-state index is 0.127. The van der Waals surface area contributed by atoms with Crippen LogP contribution in [-0.4, -0.2) is 56.6 Å². The smallest absolute Gasteiger partial charge is 0.325 e. The van der Waals surface area contributed by atoms with Crippen LogP contribution in [-0.2, 0) is 19.6 Å². The van der Waals surface area contributed by atoms with Crippen molar-refractivity contribution >= 4 is 27.7 Å². The van der Waals surface area contributed by atoms with Crippen molar-refractivity contribution in [3.8, 4) is 0 Å². The van der Waals surface area contributed by atoms with Gasteiger partial charge in [-0.2, -0.15) is 4.31 Å². The van der Waals surface area contributed by atoms with Crippen LogP contribution in [0, 0.1) is 13.8 Å². The third-order valence-electron chi connectivity index (χ3n) is 5.12. The van der Waals surface area contributed by atoms with E-state index in [1.165, 1.54) is 28.6 Å². The monoisotopic (exact) mass is 458 g/mol. The van der Waals surface area contributed by atoms with Gasteiger partial charge in [-0.15, -0.1) is 0 Å². The number of sulfonamides is 1. The van der Waals surface area contributed by atoms with Crippen molar-refractivity contribution in [2.75, 3.05) is 26.2 Å². The molecule has 1 aliphatic rings. The summed E-state index contributed by atoms with van der Waals surface area (Å²) in [4.78, 5) is 36.5. The molecule has 0 aliphatic carbocycles. The summed E-state index contributed by atoms with van der Waals surface area (Å²) in [6.07, 6.45) is 1.68. The molecule has 2 aromatic rings. The third-order valence-corrected chi connectivity index (χ3v) is 7.03. The highest BCUT2D eigenvalue weighted by molar-refractivity contribution is 7.89. The predicted molar refractivity (Wildman–Crippen MR) is 118 cm³/mol. The third kappa shape index (κ3) is 5.80. The topological polar surface area (TPSA) is 110 Å². The average molecular weight is 459 g/mol. The number of nitrogens with one attached hydrogen (secondary N) is 1. The molecule has 1 fully saturated rings. The van der Waals surface area contributed by atoms with Crippen LogP contribution in [0.3, 0.4) is 0 Å². The fraction of sp³-hybridized carbons (Fsp3) is 0.348. The lowest BCUT2D eigenvalue weighted by Gasteiger charge is -2.15. The molecule has 0 atom stereocenters. The Morgan fingerprint density at radius 2 is 1.53 bits per heavy atom. The fourth-order valence-electron chi connectivity index (χ4n) is 3.53. The number of hydrogen-bond donors (Lipinski definition) is 1. The number of hydrogen-bond acceptors (Lipinski definition) is 6. The van der Waals surface area contributed by atoms with Crippen LogP contribution in [0.1, 0.15) is 44.7 Å². The molecule has 1 heterocycles. The number of Topliss-reactive ketones (excluding diaryl/α,β-unsaturated/α-hetero) is 1. The van der Waals surface area contributed by atoms with Gasteiger partial charge in [-0.3, -0.25) is 14.4 Å². The maximum atomic E-state index is 12.5. The minimum Gasteiger partial charge on any atom is -0.456 e. The number of ether oxygens (including phenoxy) is 1. The first kappa shape index (κ1) is 23.6. The molecule has 0 saturated carbocycles. The normalized spacial score (nSPS) is 14.2. The second-order valence-corrected chi connectivity index (χ2v) is 9.72. The Labute approximate surface area is 187 Å². The molecule has 1 aliphatic heterocycles. The summed E-state index contributed by atoms with van der Waals surface area (Å²) in [5, 5.41) is 2.47. The minimum atomic E-state index is -3.55. The Kier molecular flexibility index (Phi) is 7.42. The maximum absolute atomic E-state index is 12.5. The van der Waals surface area contributed by atoms with Gasteiger partial charge in [-0.25, -0.2) is 8.42 Å². The summed E-state index contributed by atoms with van der Waals surface area (Å²) in [7, 11) is -3.55. The molecule has 32 heavy (non-hydrogen) atoms. The average Bonchev–Trinajstić information content (AvgIpc) is 3.31. The van der Waals surface area contributed by atoms with E-state index >= 15 is 0 Å². The summed E-state index contributed by atoms with van der Waals surface area (Å²) in [6.45, 7) is 3.87. The van der Waals surface area contributed by atoms with Crippen molar-refractivity contribution < 1.29 is 27.5 Å². The molecule has 0 unspecified atom stereocenters. The van der Waals surface area contributed by atoms with Crippen molar-refractivity contribution in [1.29, 1.82) is 0 Å². The van der Waals surface area contributed by atoms with Crippen LogP contribution in [0.25, 0.3) is 0 Å². The van der Waals surface area contributed by atoms with Crippen LogP contribution in [0.4, 0.5) is 0 Å². The first-order chi connectivity index (χ1) is 15.2. The van der Waals surface area contributed by atoms with Gasteiger partial charge in [0.15, 0.2) is 12.4 Å². The van der Waals surface area contributed by atoms with E-state index in [1.54, 1.807) is 12.1 Å². The quantitative estimate of drug-likeness (QED) is 0.480. The lowest BCUT2D eigenvalue weighted by atomic mass is 10.1. The number of nitrogens with zero attached hydrogens (tertiary/aromatic N) is 1. The lowest BCUT2D eigenvalue weighted by Crippen LogP contribution is -2.31. The van der Waals surface area contributed by atoms with Gasteiger partial charge in [0.1, 0.15) is 6.54 Å². The summed E-state index contributed by atoms with van der Waals surface area (Å²) in [5.41, 5.74) is 2.54. The summed E-state index contributed by atoms with van der Waals surface area (Å²) in [6, 6.07) is 10.9. The molecule has 0 bridgehead atoms. The highest BCUT2D eigenvalue weighted by Gasteiger charge is 2.27. The number of ketones is 1. The largest absolute Gasteiger partial charge is 0.456 e. The first-order valence-corrected chi connectivity index (χ1v) is 11.8. The summed E-state index contributed by atoms with van der Waals surface area (Å²) in [5.74, 6) is -1.62. The van der Waals surface area contributed by atoms with Crippen molar-refractivity contribution in [2.24, 2.45) is 0 Å². The van der Waals surface area contributed by atoms with Gasteiger partial charge in [-0.05, 0) is 63.1 Å². The number of carbonyl (C=O) groups is 3. The molecule has 0 spiro atoms. The molecule has 1 saturated heterocycles. The van der Waals surface area contributed by atoms with E-state index in [2.05, 4.69) is 5.32 Å². The van der Waals surface area contributed by atoms with Crippen molar-refractivity contribution in [3.05, 3.63) is 64.7 Å². The van der Waals surface area contributed by atoms with Gasteiger partial charge in [0.25, 0.3) is 5.91 Å². The molecule has 0 radical (unpaired) electrons. The fourth-order valence-corrected chi connectivity index (χ4v) is 5.05. The second kappa shape index (κ2) is 10.1. The predicted octanol–water partition coefficient (Wildman–Crippen LogP) is 2.24. The zero-order chi connectivity index (χ0) is 23.3. The highest BCUT2D eigenvalue weighted by atomic mass is 32.2. The van der Waals surface area contributed by atoms with Gasteiger partial charge < -0.3 is 10.1 Å². The molecular weight excluding hydrogens is 432 g/mol. The van der Waals surface area contributed by atoms with E-state index < -0.39 is 34.3 Å². The Bertz CT molecular complexity index is 1100. The van der Waals surface area contributed by atoms with Crippen LogP contribution >= 0.6 is 0 Å². The van der Waals surface area contributed by atoms with Gasteiger partial charge in [-0.1, -0.05) is 17.2 Å². The molecule has 9 heteroatoms. The number of rotatable bonds is 8. The molecule has 170 valence electrons. The van der Waals surface area contributed by atoms with Crippen LogP contribution in [0.5, 0.6) is 0 Å². The Morgan fingerprint density at radius 1 is 0.938 bits per heavy atom. The van der Waals surface area contributed by atoms with Crippen molar-refractivity contribution in [2.45, 2.75) is 31.6 Å². The Hall–Kier alpha value is -3.04. The van der Waals surface area contributed by atoms with Gasteiger partial charge in [0.05, 0.1) is 4.90 Å². The zero-order valence-electron chi connectivity index (χ0n) is 18.1. The molecule has 0 aromatic heterocycles. The Morgan fingerprint density at radius 3 is 2.12 bits per heavy atom. The van der Waals surface area contributed by atoms with Crippen LogP contribution in [0.15, 0.2) is 47.4 Å². The van der Waals surface area contributed by atoms with E-state index in [9.17, 15) is 22.8 Å². The first-order valence-electron chi connectivity index (χ1n) is 10.3. The number of esters is 1. The lowest BCUT2D eigenvalue weighted by molar-refractivity contribution is -0.141. The van der Waals surface area contributed by atoms with E-state index in [1.807, 2.05) is 19.9 Å². The number of amides is 1. The zero-order valence-corrected chi connectivity index (χ0v) is 18.9. The molecule has 3 rings (SSSR count). The van der Waals surface area contributed by atoms with Gasteiger partial charge >= 0.3 is 5.97 Å².